The third kappa shape index (κ3) is 2.05. The Labute approximate surface area is 102 Å². The van der Waals surface area contributed by atoms with E-state index < -0.39 is 15.3 Å². The molecule has 94 valence electrons. The zero-order chi connectivity index (χ0) is 12.5. The van der Waals surface area contributed by atoms with Gasteiger partial charge in [-0.1, -0.05) is 25.1 Å². The summed E-state index contributed by atoms with van der Waals surface area (Å²) in [5, 5.41) is -0.424. The van der Waals surface area contributed by atoms with Crippen LogP contribution in [-0.4, -0.2) is 26.8 Å². The first kappa shape index (κ1) is 12.4. The summed E-state index contributed by atoms with van der Waals surface area (Å²) >= 11 is 0. The van der Waals surface area contributed by atoms with E-state index in [1.807, 2.05) is 31.2 Å². The summed E-state index contributed by atoms with van der Waals surface area (Å²) in [6.07, 6.45) is 1.45. The maximum absolute atomic E-state index is 12.2. The lowest BCUT2D eigenvalue weighted by molar-refractivity contribution is 0.588. The summed E-state index contributed by atoms with van der Waals surface area (Å²) in [6.45, 7) is 2.77. The predicted octanol–water partition coefficient (Wildman–Crippen LogP) is 1.12. The molecule has 1 fully saturated rings. The zero-order valence-corrected chi connectivity index (χ0v) is 10.8. The third-order valence-corrected chi connectivity index (χ3v) is 5.55. The van der Waals surface area contributed by atoms with Crippen molar-refractivity contribution in [3.63, 3.8) is 0 Å². The van der Waals surface area contributed by atoms with Gasteiger partial charge in [0.1, 0.15) is 0 Å². The maximum Gasteiger partial charge on any atom is 0.239 e. The van der Waals surface area contributed by atoms with Gasteiger partial charge in [-0.15, -0.1) is 0 Å². The van der Waals surface area contributed by atoms with Gasteiger partial charge in [0, 0.05) is 13.1 Å². The monoisotopic (exact) mass is 254 g/mol. The van der Waals surface area contributed by atoms with Crippen LogP contribution in [0.1, 0.15) is 18.9 Å². The number of nitrogens with zero attached hydrogens (tertiary/aromatic N) is 1. The number of nitrogens with two attached hydrogens (primary N) is 1. The fourth-order valence-corrected chi connectivity index (χ4v) is 4.09. The van der Waals surface area contributed by atoms with Gasteiger partial charge in [-0.3, -0.25) is 4.31 Å². The van der Waals surface area contributed by atoms with Gasteiger partial charge in [-0.05, 0) is 24.5 Å². The summed E-state index contributed by atoms with van der Waals surface area (Å²) in [4.78, 5) is 0. The zero-order valence-electron chi connectivity index (χ0n) is 9.96. The minimum atomic E-state index is -3.26. The number of rotatable bonds is 3. The van der Waals surface area contributed by atoms with E-state index in [0.29, 0.717) is 13.0 Å². The van der Waals surface area contributed by atoms with Gasteiger partial charge in [-0.2, -0.15) is 0 Å². The number of sulfonamides is 1. The lowest BCUT2D eigenvalue weighted by Crippen LogP contribution is -2.33. The van der Waals surface area contributed by atoms with Gasteiger partial charge < -0.3 is 5.73 Å². The van der Waals surface area contributed by atoms with Crippen molar-refractivity contribution in [1.82, 2.24) is 0 Å². The maximum atomic E-state index is 12.2. The first-order valence-corrected chi connectivity index (χ1v) is 7.41. The molecule has 0 radical (unpaired) electrons. The molecule has 1 unspecified atom stereocenters. The Morgan fingerprint density at radius 2 is 2.12 bits per heavy atom. The normalized spacial score (nSPS) is 22.9. The molecule has 1 saturated heterocycles. The second-order valence-corrected chi connectivity index (χ2v) is 6.38. The van der Waals surface area contributed by atoms with Crippen molar-refractivity contribution in [3.05, 3.63) is 29.8 Å². The quantitative estimate of drug-likeness (QED) is 0.879. The lowest BCUT2D eigenvalue weighted by atomic mass is 10.1. The summed E-state index contributed by atoms with van der Waals surface area (Å²) in [5.74, 6) is 0. The molecule has 0 amide bonds. The van der Waals surface area contributed by atoms with Crippen molar-refractivity contribution < 1.29 is 8.42 Å². The second kappa shape index (κ2) is 4.66. The first-order valence-electron chi connectivity index (χ1n) is 5.90. The van der Waals surface area contributed by atoms with Crippen LogP contribution in [0.4, 0.5) is 5.69 Å². The summed E-state index contributed by atoms with van der Waals surface area (Å²) < 4.78 is 26.0. The van der Waals surface area contributed by atoms with Crippen molar-refractivity contribution in [3.8, 4) is 0 Å². The average Bonchev–Trinajstić information content (AvgIpc) is 2.63. The van der Waals surface area contributed by atoms with E-state index in [4.69, 9.17) is 5.73 Å². The van der Waals surface area contributed by atoms with Crippen LogP contribution in [0.25, 0.3) is 0 Å². The SMILES string of the molecule is CCc1ccccc1N1CCC(CN)S1(=O)=O. The van der Waals surface area contributed by atoms with E-state index in [0.717, 1.165) is 17.7 Å². The molecule has 0 aromatic heterocycles. The summed E-state index contributed by atoms with van der Waals surface area (Å²) in [7, 11) is -3.26. The largest absolute Gasteiger partial charge is 0.329 e. The Kier molecular flexibility index (Phi) is 3.40. The number of benzene rings is 1. The van der Waals surface area contributed by atoms with Crippen LogP contribution in [0.3, 0.4) is 0 Å². The van der Waals surface area contributed by atoms with Crippen molar-refractivity contribution in [2.45, 2.75) is 25.0 Å². The van der Waals surface area contributed by atoms with E-state index >= 15 is 0 Å². The Hall–Kier alpha value is -1.07. The standard InChI is InChI=1S/C12H18N2O2S/c1-2-10-5-3-4-6-12(10)14-8-7-11(9-13)17(14,15)16/h3-6,11H,2,7-9,13H2,1H3. The van der Waals surface area contributed by atoms with Crippen molar-refractivity contribution in [2.24, 2.45) is 5.73 Å². The highest BCUT2D eigenvalue weighted by molar-refractivity contribution is 7.93. The topological polar surface area (TPSA) is 63.4 Å². The smallest absolute Gasteiger partial charge is 0.239 e. The van der Waals surface area contributed by atoms with Gasteiger partial charge in [0.2, 0.25) is 10.0 Å². The van der Waals surface area contributed by atoms with Crippen molar-refractivity contribution in [2.75, 3.05) is 17.4 Å². The second-order valence-electron chi connectivity index (χ2n) is 4.25. The first-order chi connectivity index (χ1) is 8.11. The third-order valence-electron chi connectivity index (χ3n) is 3.29. The molecule has 1 atom stereocenters. The molecule has 0 bridgehead atoms. The molecular formula is C12H18N2O2S. The number of anilines is 1. The van der Waals surface area contributed by atoms with Crippen LogP contribution in [-0.2, 0) is 16.4 Å². The number of hydrogen-bond acceptors (Lipinski definition) is 3. The van der Waals surface area contributed by atoms with Crippen LogP contribution in [0, 0.1) is 0 Å². The molecule has 0 saturated carbocycles. The van der Waals surface area contributed by atoms with Gasteiger partial charge in [0.25, 0.3) is 0 Å². The van der Waals surface area contributed by atoms with Gasteiger partial charge in [0.05, 0.1) is 10.9 Å². The van der Waals surface area contributed by atoms with E-state index in [1.165, 1.54) is 4.31 Å². The average molecular weight is 254 g/mol. The Bertz CT molecular complexity index is 499. The van der Waals surface area contributed by atoms with E-state index in [1.54, 1.807) is 0 Å². The molecule has 1 aromatic rings. The van der Waals surface area contributed by atoms with Gasteiger partial charge in [0.15, 0.2) is 0 Å². The Morgan fingerprint density at radius 1 is 1.41 bits per heavy atom. The molecule has 1 aromatic carbocycles. The summed E-state index contributed by atoms with van der Waals surface area (Å²) in [5.41, 5.74) is 7.39. The number of hydrogen-bond donors (Lipinski definition) is 1. The van der Waals surface area contributed by atoms with Crippen molar-refractivity contribution >= 4 is 15.7 Å². The van der Waals surface area contributed by atoms with Crippen LogP contribution >= 0.6 is 0 Å². The Balaban J connectivity index is 2.42. The molecule has 1 heterocycles. The molecule has 1 aliphatic heterocycles. The summed E-state index contributed by atoms with van der Waals surface area (Å²) in [6, 6.07) is 7.65. The molecule has 4 nitrogen and oxygen atoms in total. The molecule has 2 N–H and O–H groups in total. The van der Waals surface area contributed by atoms with Crippen LogP contribution < -0.4 is 10.0 Å². The van der Waals surface area contributed by atoms with Crippen LogP contribution in [0.15, 0.2) is 24.3 Å². The number of aryl methyl sites for hydroxylation is 1. The Morgan fingerprint density at radius 3 is 2.71 bits per heavy atom. The lowest BCUT2D eigenvalue weighted by Gasteiger charge is -2.21. The molecular weight excluding hydrogens is 236 g/mol. The molecule has 0 spiro atoms. The minimum absolute atomic E-state index is 0.202. The molecule has 0 aliphatic carbocycles. The van der Waals surface area contributed by atoms with E-state index in [9.17, 15) is 8.42 Å². The fourth-order valence-electron chi connectivity index (χ4n) is 2.27. The fraction of sp³-hybridized carbons (Fsp3) is 0.500. The van der Waals surface area contributed by atoms with E-state index in [2.05, 4.69) is 0 Å². The van der Waals surface area contributed by atoms with Gasteiger partial charge in [-0.25, -0.2) is 8.42 Å². The van der Waals surface area contributed by atoms with Crippen LogP contribution in [0.2, 0.25) is 0 Å². The highest BCUT2D eigenvalue weighted by Crippen LogP contribution is 2.30. The molecule has 1 aliphatic rings. The predicted molar refractivity (Wildman–Crippen MR) is 69.5 cm³/mol. The van der Waals surface area contributed by atoms with Crippen molar-refractivity contribution in [1.29, 1.82) is 0 Å². The van der Waals surface area contributed by atoms with Crippen LogP contribution in [0.5, 0.6) is 0 Å². The number of para-hydroxylation sites is 1. The molecule has 17 heavy (non-hydrogen) atoms. The highest BCUT2D eigenvalue weighted by Gasteiger charge is 2.38. The molecule has 2 rings (SSSR count). The highest BCUT2D eigenvalue weighted by atomic mass is 32.2. The van der Waals surface area contributed by atoms with E-state index in [-0.39, 0.29) is 6.54 Å². The van der Waals surface area contributed by atoms with Gasteiger partial charge >= 0.3 is 0 Å². The molecule has 5 heteroatoms. The minimum Gasteiger partial charge on any atom is -0.329 e.